The number of nitrogens with zero attached hydrogens (tertiary/aromatic N) is 1. The maximum atomic E-state index is 9.96. The minimum atomic E-state index is 0.245. The van der Waals surface area contributed by atoms with Gasteiger partial charge < -0.3 is 5.11 Å². The summed E-state index contributed by atoms with van der Waals surface area (Å²) in [5.41, 5.74) is 3.01. The summed E-state index contributed by atoms with van der Waals surface area (Å²) in [5, 5.41) is 9.96. The highest BCUT2D eigenvalue weighted by molar-refractivity contribution is 5.35. The number of aromatic hydroxyl groups is 1. The van der Waals surface area contributed by atoms with Crippen LogP contribution in [0.25, 0.3) is 0 Å². The minimum absolute atomic E-state index is 0.245. The van der Waals surface area contributed by atoms with E-state index in [0.29, 0.717) is 17.7 Å². The molecule has 2 aromatic rings. The van der Waals surface area contributed by atoms with Crippen molar-refractivity contribution in [2.24, 2.45) is 5.92 Å². The molecule has 2 aliphatic rings. The number of phenols is 1. The first-order chi connectivity index (χ1) is 11.7. The van der Waals surface area contributed by atoms with Crippen molar-refractivity contribution in [2.45, 2.75) is 50.6 Å². The van der Waals surface area contributed by atoms with Crippen LogP contribution in [-0.2, 0) is 12.0 Å². The van der Waals surface area contributed by atoms with Crippen molar-refractivity contribution in [3.8, 4) is 5.75 Å². The van der Waals surface area contributed by atoms with E-state index in [4.69, 9.17) is 0 Å². The van der Waals surface area contributed by atoms with Crippen LogP contribution in [0.15, 0.2) is 54.6 Å². The zero-order chi connectivity index (χ0) is 16.6. The zero-order valence-electron chi connectivity index (χ0n) is 14.5. The number of fused-ring (bicyclic) bond motifs is 2. The van der Waals surface area contributed by atoms with Crippen LogP contribution in [0.4, 0.5) is 0 Å². The van der Waals surface area contributed by atoms with Crippen LogP contribution in [0.3, 0.4) is 0 Å². The molecule has 126 valence electrons. The maximum Gasteiger partial charge on any atom is 0.115 e. The second-order valence-electron chi connectivity index (χ2n) is 7.77. The van der Waals surface area contributed by atoms with Gasteiger partial charge in [0, 0.05) is 24.5 Å². The third kappa shape index (κ3) is 2.73. The molecule has 1 saturated carbocycles. The molecule has 2 fully saturated rings. The molecule has 1 saturated heterocycles. The lowest BCUT2D eigenvalue weighted by atomic mass is 9.58. The van der Waals surface area contributed by atoms with Crippen LogP contribution in [0.5, 0.6) is 5.75 Å². The molecular formula is C22H27NO. The number of hydrogen-bond donors (Lipinski definition) is 1. The van der Waals surface area contributed by atoms with E-state index in [1.807, 2.05) is 12.1 Å². The van der Waals surface area contributed by atoms with Gasteiger partial charge in [0.2, 0.25) is 0 Å². The molecule has 0 spiro atoms. The second-order valence-corrected chi connectivity index (χ2v) is 7.77. The fourth-order valence-corrected chi connectivity index (χ4v) is 5.09. The molecule has 24 heavy (non-hydrogen) atoms. The highest BCUT2D eigenvalue weighted by atomic mass is 16.3. The Morgan fingerprint density at radius 3 is 2.75 bits per heavy atom. The average molecular weight is 321 g/mol. The molecule has 2 aromatic carbocycles. The Morgan fingerprint density at radius 1 is 1.12 bits per heavy atom. The molecule has 2 bridgehead atoms. The lowest BCUT2D eigenvalue weighted by Crippen LogP contribution is -2.55. The fourth-order valence-electron chi connectivity index (χ4n) is 5.09. The zero-order valence-corrected chi connectivity index (χ0v) is 14.5. The van der Waals surface area contributed by atoms with Crippen molar-refractivity contribution in [1.29, 1.82) is 0 Å². The number of piperidine rings is 1. The van der Waals surface area contributed by atoms with Crippen molar-refractivity contribution >= 4 is 0 Å². The summed E-state index contributed by atoms with van der Waals surface area (Å²) in [7, 11) is 0. The molecule has 1 aliphatic carbocycles. The first-order valence-electron chi connectivity index (χ1n) is 9.25. The number of benzene rings is 2. The Bertz CT molecular complexity index is 698. The number of rotatable bonds is 3. The van der Waals surface area contributed by atoms with Gasteiger partial charge in [0.1, 0.15) is 5.75 Å². The van der Waals surface area contributed by atoms with Gasteiger partial charge in [-0.3, -0.25) is 4.90 Å². The van der Waals surface area contributed by atoms with E-state index in [1.165, 1.54) is 36.8 Å². The SMILES string of the molecule is C[C@@H]1CN(Cc2ccccc2)[C@H]2CCC[C@]1(c1cccc(O)c1)C2. The van der Waals surface area contributed by atoms with Crippen molar-refractivity contribution in [3.05, 3.63) is 65.7 Å². The Labute approximate surface area is 145 Å². The Hall–Kier alpha value is -1.80. The average Bonchev–Trinajstić information content (AvgIpc) is 2.61. The second kappa shape index (κ2) is 6.25. The number of phenolic OH excluding ortho intramolecular Hbond substituents is 1. The molecule has 0 radical (unpaired) electrons. The normalized spacial score (nSPS) is 30.2. The van der Waals surface area contributed by atoms with E-state index < -0.39 is 0 Å². The molecular weight excluding hydrogens is 294 g/mol. The van der Waals surface area contributed by atoms with E-state index >= 15 is 0 Å². The lowest BCUT2D eigenvalue weighted by Gasteiger charge is -2.54. The summed E-state index contributed by atoms with van der Waals surface area (Å²) in [6.45, 7) is 4.62. The van der Waals surface area contributed by atoms with Crippen molar-refractivity contribution in [1.82, 2.24) is 4.90 Å². The van der Waals surface area contributed by atoms with Gasteiger partial charge in [-0.1, -0.05) is 55.8 Å². The minimum Gasteiger partial charge on any atom is -0.508 e. The monoisotopic (exact) mass is 321 g/mol. The topological polar surface area (TPSA) is 23.5 Å². The molecule has 2 heteroatoms. The van der Waals surface area contributed by atoms with E-state index in [2.05, 4.69) is 48.2 Å². The summed E-state index contributed by atoms with van der Waals surface area (Å²) in [6, 6.07) is 19.5. The molecule has 2 nitrogen and oxygen atoms in total. The van der Waals surface area contributed by atoms with Crippen molar-refractivity contribution < 1.29 is 5.11 Å². The van der Waals surface area contributed by atoms with Gasteiger partial charge in [-0.05, 0) is 48.4 Å². The summed E-state index contributed by atoms with van der Waals surface area (Å²) < 4.78 is 0. The number of hydrogen-bond acceptors (Lipinski definition) is 2. The Morgan fingerprint density at radius 2 is 1.96 bits per heavy atom. The largest absolute Gasteiger partial charge is 0.508 e. The predicted molar refractivity (Wildman–Crippen MR) is 98.1 cm³/mol. The third-order valence-electron chi connectivity index (χ3n) is 6.38. The van der Waals surface area contributed by atoms with Gasteiger partial charge in [0.15, 0.2) is 0 Å². The quantitative estimate of drug-likeness (QED) is 0.884. The van der Waals surface area contributed by atoms with Gasteiger partial charge in [-0.25, -0.2) is 0 Å². The molecule has 1 aliphatic heterocycles. The van der Waals surface area contributed by atoms with Crippen molar-refractivity contribution in [2.75, 3.05) is 6.54 Å². The van der Waals surface area contributed by atoms with Crippen LogP contribution < -0.4 is 0 Å². The molecule has 0 unspecified atom stereocenters. The maximum absolute atomic E-state index is 9.96. The molecule has 1 N–H and O–H groups in total. The molecule has 3 atom stereocenters. The predicted octanol–water partition coefficient (Wildman–Crippen LogP) is 4.72. The Kier molecular flexibility index (Phi) is 4.09. The van der Waals surface area contributed by atoms with Crippen LogP contribution in [0.2, 0.25) is 0 Å². The van der Waals surface area contributed by atoms with E-state index in [0.717, 1.165) is 13.1 Å². The van der Waals surface area contributed by atoms with E-state index in [-0.39, 0.29) is 5.41 Å². The van der Waals surface area contributed by atoms with Crippen LogP contribution in [0.1, 0.15) is 43.7 Å². The van der Waals surface area contributed by atoms with Crippen LogP contribution in [0, 0.1) is 5.92 Å². The van der Waals surface area contributed by atoms with Gasteiger partial charge >= 0.3 is 0 Å². The standard InChI is InChI=1S/C22H27NO/c1-17-15-23(16-18-7-3-2-4-8-18)20-10-6-12-22(17,14-20)19-9-5-11-21(24)13-19/h2-5,7-9,11,13,17,20,24H,6,10,12,14-16H2,1H3/t17-,20+,22+/m1/s1. The highest BCUT2D eigenvalue weighted by Crippen LogP contribution is 2.50. The first kappa shape index (κ1) is 15.7. The van der Waals surface area contributed by atoms with Crippen molar-refractivity contribution in [3.63, 3.8) is 0 Å². The van der Waals surface area contributed by atoms with Crippen LogP contribution in [-0.4, -0.2) is 22.6 Å². The number of likely N-dealkylation sites (tertiary alicyclic amines) is 1. The summed E-state index contributed by atoms with van der Waals surface area (Å²) in [4.78, 5) is 2.69. The summed E-state index contributed by atoms with van der Waals surface area (Å²) in [6.07, 6.45) is 5.08. The highest BCUT2D eigenvalue weighted by Gasteiger charge is 2.47. The van der Waals surface area contributed by atoms with E-state index in [9.17, 15) is 5.11 Å². The summed E-state index contributed by atoms with van der Waals surface area (Å²) in [5.74, 6) is 1.02. The van der Waals surface area contributed by atoms with Gasteiger partial charge in [-0.2, -0.15) is 0 Å². The van der Waals surface area contributed by atoms with Gasteiger partial charge in [0.05, 0.1) is 0 Å². The molecule has 0 aromatic heterocycles. The third-order valence-corrected chi connectivity index (χ3v) is 6.38. The Balaban J connectivity index is 1.60. The van der Waals surface area contributed by atoms with Crippen LogP contribution >= 0.6 is 0 Å². The first-order valence-corrected chi connectivity index (χ1v) is 9.25. The molecule has 0 amide bonds. The molecule has 4 rings (SSSR count). The summed E-state index contributed by atoms with van der Waals surface area (Å²) >= 11 is 0. The smallest absolute Gasteiger partial charge is 0.115 e. The lowest BCUT2D eigenvalue weighted by molar-refractivity contribution is 0.00476. The van der Waals surface area contributed by atoms with Gasteiger partial charge in [0.25, 0.3) is 0 Å². The van der Waals surface area contributed by atoms with Gasteiger partial charge in [-0.15, -0.1) is 0 Å². The van der Waals surface area contributed by atoms with E-state index in [1.54, 1.807) is 6.07 Å². The molecule has 1 heterocycles. The fraction of sp³-hybridized carbons (Fsp3) is 0.455.